The van der Waals surface area contributed by atoms with Crippen molar-refractivity contribution < 1.29 is 14.0 Å². The number of ketones is 1. The van der Waals surface area contributed by atoms with Gasteiger partial charge in [-0.1, -0.05) is 47.5 Å². The van der Waals surface area contributed by atoms with Crippen LogP contribution in [0.2, 0.25) is 10.0 Å². The van der Waals surface area contributed by atoms with E-state index in [4.69, 9.17) is 23.2 Å². The van der Waals surface area contributed by atoms with E-state index in [-0.39, 0.29) is 29.3 Å². The molecule has 0 unspecified atom stereocenters. The standard InChI is InChI=1S/C25H18Cl2FN3O2/c1-15-13-23(30-31(15)14-20-21(27)7-4-8-22(20)28)29-25(33)19-6-3-2-5-18(19)24(32)16-9-11-17(26)12-10-16/h2-13H,14H2,1H3,(H,29,30,33). The first-order valence-electron chi connectivity index (χ1n) is 10.0. The Kier molecular flexibility index (Phi) is 6.58. The molecule has 8 heteroatoms. The smallest absolute Gasteiger partial charge is 0.257 e. The number of nitrogens with one attached hydrogen (secondary N) is 1. The maximum Gasteiger partial charge on any atom is 0.257 e. The minimum Gasteiger partial charge on any atom is -0.305 e. The van der Waals surface area contributed by atoms with Gasteiger partial charge in [0.15, 0.2) is 11.6 Å². The van der Waals surface area contributed by atoms with E-state index in [1.54, 1.807) is 72.3 Å². The molecule has 0 saturated carbocycles. The van der Waals surface area contributed by atoms with Crippen molar-refractivity contribution in [3.05, 3.63) is 117 Å². The molecule has 33 heavy (non-hydrogen) atoms. The van der Waals surface area contributed by atoms with Crippen molar-refractivity contribution in [2.24, 2.45) is 0 Å². The fraction of sp³-hybridized carbons (Fsp3) is 0.0800. The number of carbonyl (C=O) groups excluding carboxylic acids is 2. The number of rotatable bonds is 6. The quantitative estimate of drug-likeness (QED) is 0.335. The Morgan fingerprint density at radius 3 is 2.36 bits per heavy atom. The van der Waals surface area contributed by atoms with E-state index in [1.807, 2.05) is 0 Å². The SMILES string of the molecule is Cc1cc(NC(=O)c2ccccc2C(=O)c2ccc(Cl)cc2)nn1Cc1c(F)cccc1Cl. The Hall–Kier alpha value is -3.48. The molecule has 1 N–H and O–H groups in total. The molecule has 0 aliphatic heterocycles. The Labute approximate surface area is 199 Å². The second-order valence-corrected chi connectivity index (χ2v) is 8.21. The molecule has 1 heterocycles. The van der Waals surface area contributed by atoms with Crippen molar-refractivity contribution >= 4 is 40.7 Å². The molecule has 1 aromatic heterocycles. The minimum absolute atomic E-state index is 0.110. The summed E-state index contributed by atoms with van der Waals surface area (Å²) >= 11 is 12.0. The maximum absolute atomic E-state index is 14.2. The molecule has 1 amide bonds. The largest absolute Gasteiger partial charge is 0.305 e. The highest BCUT2D eigenvalue weighted by atomic mass is 35.5. The summed E-state index contributed by atoms with van der Waals surface area (Å²) in [7, 11) is 0. The van der Waals surface area contributed by atoms with Crippen LogP contribution in [0.15, 0.2) is 72.8 Å². The van der Waals surface area contributed by atoms with Gasteiger partial charge in [0, 0.05) is 38.5 Å². The van der Waals surface area contributed by atoms with Crippen LogP contribution in [0.3, 0.4) is 0 Å². The van der Waals surface area contributed by atoms with Crippen molar-refractivity contribution in [2.75, 3.05) is 5.32 Å². The van der Waals surface area contributed by atoms with Crippen LogP contribution in [0, 0.1) is 12.7 Å². The molecule has 5 nitrogen and oxygen atoms in total. The first kappa shape index (κ1) is 22.7. The number of benzene rings is 3. The van der Waals surface area contributed by atoms with Gasteiger partial charge in [0.05, 0.1) is 12.1 Å². The number of hydrogen-bond acceptors (Lipinski definition) is 3. The van der Waals surface area contributed by atoms with Crippen LogP contribution in [-0.2, 0) is 6.54 Å². The van der Waals surface area contributed by atoms with Gasteiger partial charge in [0.2, 0.25) is 0 Å². The van der Waals surface area contributed by atoms with Gasteiger partial charge in [-0.3, -0.25) is 14.3 Å². The number of amides is 1. The van der Waals surface area contributed by atoms with Gasteiger partial charge in [-0.15, -0.1) is 0 Å². The van der Waals surface area contributed by atoms with E-state index < -0.39 is 11.7 Å². The minimum atomic E-state index is -0.485. The summed E-state index contributed by atoms with van der Waals surface area (Å²) in [5.74, 6) is -0.939. The van der Waals surface area contributed by atoms with Gasteiger partial charge in [-0.2, -0.15) is 5.10 Å². The number of hydrogen-bond donors (Lipinski definition) is 1. The summed E-state index contributed by atoms with van der Waals surface area (Å²) < 4.78 is 15.7. The molecule has 4 aromatic rings. The topological polar surface area (TPSA) is 64.0 Å². The summed E-state index contributed by atoms with van der Waals surface area (Å²) in [5, 5.41) is 7.88. The molecule has 4 rings (SSSR count). The molecule has 0 aliphatic carbocycles. The van der Waals surface area contributed by atoms with Crippen LogP contribution in [0.5, 0.6) is 0 Å². The van der Waals surface area contributed by atoms with E-state index in [9.17, 15) is 14.0 Å². The molecular weight excluding hydrogens is 464 g/mol. The predicted octanol–water partition coefficient (Wildman–Crippen LogP) is 6.17. The normalized spacial score (nSPS) is 10.8. The first-order valence-corrected chi connectivity index (χ1v) is 10.8. The first-order chi connectivity index (χ1) is 15.8. The Bertz CT molecular complexity index is 1330. The molecule has 0 fully saturated rings. The van der Waals surface area contributed by atoms with E-state index in [2.05, 4.69) is 10.4 Å². The maximum atomic E-state index is 14.2. The molecule has 166 valence electrons. The van der Waals surface area contributed by atoms with Crippen LogP contribution in [0.25, 0.3) is 0 Å². The Morgan fingerprint density at radius 1 is 0.970 bits per heavy atom. The zero-order valence-corrected chi connectivity index (χ0v) is 19.0. The van der Waals surface area contributed by atoms with Crippen LogP contribution in [0.4, 0.5) is 10.2 Å². The highest BCUT2D eigenvalue weighted by Gasteiger charge is 2.19. The molecule has 0 radical (unpaired) electrons. The van der Waals surface area contributed by atoms with Crippen molar-refractivity contribution in [2.45, 2.75) is 13.5 Å². The summed E-state index contributed by atoms with van der Waals surface area (Å²) in [6, 6.07) is 19.1. The number of nitrogens with zero attached hydrogens (tertiary/aromatic N) is 2. The van der Waals surface area contributed by atoms with E-state index >= 15 is 0 Å². The van der Waals surface area contributed by atoms with Crippen LogP contribution >= 0.6 is 23.2 Å². The lowest BCUT2D eigenvalue weighted by atomic mass is 9.98. The molecule has 0 spiro atoms. The Morgan fingerprint density at radius 2 is 1.67 bits per heavy atom. The summed E-state index contributed by atoms with van der Waals surface area (Å²) in [5.41, 5.74) is 1.90. The molecule has 3 aromatic carbocycles. The molecule has 0 bridgehead atoms. The fourth-order valence-electron chi connectivity index (χ4n) is 3.38. The predicted molar refractivity (Wildman–Crippen MR) is 127 cm³/mol. The fourth-order valence-corrected chi connectivity index (χ4v) is 3.73. The molecule has 0 atom stereocenters. The number of carbonyl (C=O) groups is 2. The molecular formula is C25H18Cl2FN3O2. The third kappa shape index (κ3) is 4.97. The van der Waals surface area contributed by atoms with Gasteiger partial charge >= 0.3 is 0 Å². The van der Waals surface area contributed by atoms with E-state index in [0.717, 1.165) is 0 Å². The zero-order valence-electron chi connectivity index (χ0n) is 17.5. The van der Waals surface area contributed by atoms with Crippen molar-refractivity contribution in [1.29, 1.82) is 0 Å². The van der Waals surface area contributed by atoms with Crippen molar-refractivity contribution in [3.63, 3.8) is 0 Å². The average Bonchev–Trinajstić information content (AvgIpc) is 3.14. The van der Waals surface area contributed by atoms with Gasteiger partial charge in [0.1, 0.15) is 5.82 Å². The van der Waals surface area contributed by atoms with E-state index in [1.165, 1.54) is 12.1 Å². The third-order valence-electron chi connectivity index (χ3n) is 5.12. The average molecular weight is 482 g/mol. The number of aromatic nitrogens is 2. The van der Waals surface area contributed by atoms with Crippen molar-refractivity contribution in [1.82, 2.24) is 9.78 Å². The third-order valence-corrected chi connectivity index (χ3v) is 5.72. The summed E-state index contributed by atoms with van der Waals surface area (Å²) in [6.45, 7) is 1.90. The van der Waals surface area contributed by atoms with Gasteiger partial charge < -0.3 is 5.32 Å². The van der Waals surface area contributed by atoms with Crippen LogP contribution in [0.1, 0.15) is 37.5 Å². The molecule has 0 saturated heterocycles. The number of anilines is 1. The van der Waals surface area contributed by atoms with Gasteiger partial charge in [-0.05, 0) is 49.4 Å². The zero-order chi connectivity index (χ0) is 23.5. The lowest BCUT2D eigenvalue weighted by Crippen LogP contribution is -2.17. The van der Waals surface area contributed by atoms with Crippen LogP contribution in [-0.4, -0.2) is 21.5 Å². The summed E-state index contributed by atoms with van der Waals surface area (Å²) in [4.78, 5) is 26.0. The lowest BCUT2D eigenvalue weighted by molar-refractivity contribution is 0.0996. The van der Waals surface area contributed by atoms with Gasteiger partial charge in [0.25, 0.3) is 5.91 Å². The van der Waals surface area contributed by atoms with E-state index in [0.29, 0.717) is 26.9 Å². The lowest BCUT2D eigenvalue weighted by Gasteiger charge is -2.09. The number of halogens is 3. The highest BCUT2D eigenvalue weighted by molar-refractivity contribution is 6.31. The summed E-state index contributed by atoms with van der Waals surface area (Å²) in [6.07, 6.45) is 0. The van der Waals surface area contributed by atoms with Gasteiger partial charge in [-0.25, -0.2) is 4.39 Å². The van der Waals surface area contributed by atoms with Crippen LogP contribution < -0.4 is 5.32 Å². The second-order valence-electron chi connectivity index (χ2n) is 7.36. The van der Waals surface area contributed by atoms with Crippen molar-refractivity contribution in [3.8, 4) is 0 Å². The second kappa shape index (κ2) is 9.57. The highest BCUT2D eigenvalue weighted by Crippen LogP contribution is 2.22. The Balaban J connectivity index is 1.57. The number of aryl methyl sites for hydroxylation is 1. The monoisotopic (exact) mass is 481 g/mol. The molecule has 0 aliphatic rings.